The molecule has 0 aromatic carbocycles. The molecule has 2 N–H and O–H groups in total. The lowest BCUT2D eigenvalue weighted by molar-refractivity contribution is -0.147. The predicted molar refractivity (Wildman–Crippen MR) is 69.2 cm³/mol. The highest BCUT2D eigenvalue weighted by Crippen LogP contribution is 2.14. The number of ether oxygens (including phenoxy) is 1. The monoisotopic (exact) mass is 306 g/mol. The van der Waals surface area contributed by atoms with Gasteiger partial charge in [-0.05, 0) is 12.8 Å². The number of morpholine rings is 1. The van der Waals surface area contributed by atoms with Gasteiger partial charge in [0.15, 0.2) is 15.9 Å². The summed E-state index contributed by atoms with van der Waals surface area (Å²) in [6.07, 6.45) is 1.10. The van der Waals surface area contributed by atoms with Gasteiger partial charge in [-0.3, -0.25) is 0 Å². The van der Waals surface area contributed by atoms with Crippen LogP contribution in [0.15, 0.2) is 0 Å². The lowest BCUT2D eigenvalue weighted by Gasteiger charge is -2.34. The number of urea groups is 1. The first-order chi connectivity index (χ1) is 9.39. The molecule has 2 unspecified atom stereocenters. The highest BCUT2D eigenvalue weighted by Gasteiger charge is 2.34. The summed E-state index contributed by atoms with van der Waals surface area (Å²) in [5, 5.41) is 11.7. The van der Waals surface area contributed by atoms with E-state index >= 15 is 0 Å². The molecular formula is C11H18N2O6S. The van der Waals surface area contributed by atoms with E-state index in [0.29, 0.717) is 12.8 Å². The number of sulfone groups is 1. The van der Waals surface area contributed by atoms with Gasteiger partial charge < -0.3 is 20.1 Å². The van der Waals surface area contributed by atoms with Crippen LogP contribution in [0.2, 0.25) is 0 Å². The molecule has 0 aliphatic carbocycles. The van der Waals surface area contributed by atoms with Crippen LogP contribution in [0.25, 0.3) is 0 Å². The molecule has 114 valence electrons. The van der Waals surface area contributed by atoms with Crippen molar-refractivity contribution in [1.29, 1.82) is 0 Å². The van der Waals surface area contributed by atoms with Gasteiger partial charge in [-0.1, -0.05) is 0 Å². The molecule has 2 aliphatic rings. The summed E-state index contributed by atoms with van der Waals surface area (Å²) in [6.45, 7) is 0.411. The summed E-state index contributed by atoms with van der Waals surface area (Å²) >= 11 is 0. The number of hydrogen-bond acceptors (Lipinski definition) is 5. The van der Waals surface area contributed by atoms with E-state index in [1.165, 1.54) is 4.90 Å². The van der Waals surface area contributed by atoms with Gasteiger partial charge >= 0.3 is 12.0 Å². The summed E-state index contributed by atoms with van der Waals surface area (Å²) in [6, 6.07) is -2.01. The Hall–Kier alpha value is -1.35. The Bertz CT molecular complexity index is 491. The third-order valence-electron chi connectivity index (χ3n) is 3.47. The number of carboxylic acids is 1. The molecule has 2 atom stereocenters. The van der Waals surface area contributed by atoms with Crippen LogP contribution in [-0.2, 0) is 19.4 Å². The van der Waals surface area contributed by atoms with Gasteiger partial charge in [0.25, 0.3) is 0 Å². The second-order valence-corrected chi connectivity index (χ2v) is 7.25. The Morgan fingerprint density at radius 2 is 2.10 bits per heavy atom. The van der Waals surface area contributed by atoms with Crippen molar-refractivity contribution in [3.63, 3.8) is 0 Å². The molecule has 2 fully saturated rings. The minimum absolute atomic E-state index is 0.0499. The first-order valence-electron chi connectivity index (χ1n) is 6.47. The van der Waals surface area contributed by atoms with E-state index in [9.17, 15) is 18.0 Å². The van der Waals surface area contributed by atoms with Crippen molar-refractivity contribution < 1.29 is 27.9 Å². The Morgan fingerprint density at radius 3 is 2.75 bits per heavy atom. The molecule has 9 heteroatoms. The molecule has 2 aliphatic heterocycles. The van der Waals surface area contributed by atoms with Crippen LogP contribution < -0.4 is 5.32 Å². The SMILES string of the molecule is O=C(O)C1COCCN1C(=O)NC1CCCS(=O)(=O)C1. The van der Waals surface area contributed by atoms with E-state index in [4.69, 9.17) is 9.84 Å². The number of carbonyl (C=O) groups excluding carboxylic acids is 1. The lowest BCUT2D eigenvalue weighted by atomic mass is 10.2. The van der Waals surface area contributed by atoms with Crippen molar-refractivity contribution in [2.75, 3.05) is 31.3 Å². The lowest BCUT2D eigenvalue weighted by Crippen LogP contribution is -2.58. The number of rotatable bonds is 2. The number of nitrogens with one attached hydrogen (secondary N) is 1. The van der Waals surface area contributed by atoms with Crippen molar-refractivity contribution in [3.8, 4) is 0 Å². The molecule has 0 spiro atoms. The zero-order valence-electron chi connectivity index (χ0n) is 10.9. The smallest absolute Gasteiger partial charge is 0.328 e. The highest BCUT2D eigenvalue weighted by molar-refractivity contribution is 7.91. The maximum atomic E-state index is 12.1. The minimum Gasteiger partial charge on any atom is -0.480 e. The number of aliphatic carboxylic acids is 1. The first kappa shape index (κ1) is 15.0. The quantitative estimate of drug-likeness (QED) is 0.680. The van der Waals surface area contributed by atoms with Crippen LogP contribution in [0.3, 0.4) is 0 Å². The van der Waals surface area contributed by atoms with Crippen LogP contribution >= 0.6 is 0 Å². The number of carboxylic acid groups (broad SMARTS) is 1. The largest absolute Gasteiger partial charge is 0.480 e. The number of amides is 2. The van der Waals surface area contributed by atoms with E-state index in [0.717, 1.165) is 0 Å². The predicted octanol–water partition coefficient (Wildman–Crippen LogP) is -0.941. The Balaban J connectivity index is 1.98. The van der Waals surface area contributed by atoms with Crippen LogP contribution in [0.1, 0.15) is 12.8 Å². The maximum absolute atomic E-state index is 12.1. The Morgan fingerprint density at radius 1 is 1.35 bits per heavy atom. The molecule has 2 saturated heterocycles. The summed E-state index contributed by atoms with van der Waals surface area (Å²) < 4.78 is 28.1. The summed E-state index contributed by atoms with van der Waals surface area (Å²) in [7, 11) is -3.11. The van der Waals surface area contributed by atoms with Crippen molar-refractivity contribution in [2.45, 2.75) is 24.9 Å². The molecule has 20 heavy (non-hydrogen) atoms. The van der Waals surface area contributed by atoms with Crippen LogP contribution in [0.4, 0.5) is 4.79 Å². The van der Waals surface area contributed by atoms with Gasteiger partial charge in [-0.25, -0.2) is 18.0 Å². The van der Waals surface area contributed by atoms with Crippen molar-refractivity contribution in [2.24, 2.45) is 0 Å². The van der Waals surface area contributed by atoms with Crippen LogP contribution in [0.5, 0.6) is 0 Å². The zero-order chi connectivity index (χ0) is 14.8. The van der Waals surface area contributed by atoms with Gasteiger partial charge in [0.05, 0.1) is 24.7 Å². The fourth-order valence-electron chi connectivity index (χ4n) is 2.45. The summed E-state index contributed by atoms with van der Waals surface area (Å²) in [5.41, 5.74) is 0. The first-order valence-corrected chi connectivity index (χ1v) is 8.29. The molecule has 0 aromatic heterocycles. The number of hydrogen-bond donors (Lipinski definition) is 2. The molecule has 0 aromatic rings. The average Bonchev–Trinajstić information content (AvgIpc) is 2.37. The summed E-state index contributed by atoms with van der Waals surface area (Å²) in [4.78, 5) is 24.3. The molecular weight excluding hydrogens is 288 g/mol. The number of nitrogens with zero attached hydrogens (tertiary/aromatic N) is 1. The molecule has 2 rings (SSSR count). The third-order valence-corrected chi connectivity index (χ3v) is 5.29. The standard InChI is InChI=1S/C11H18N2O6S/c14-10(15)9-6-19-4-3-13(9)11(16)12-8-2-1-5-20(17,18)7-8/h8-9H,1-7H2,(H,12,16)(H,14,15). The van der Waals surface area contributed by atoms with E-state index in [1.54, 1.807) is 0 Å². The van der Waals surface area contributed by atoms with Crippen LogP contribution in [0, 0.1) is 0 Å². The minimum atomic E-state index is -3.11. The van der Waals surface area contributed by atoms with Gasteiger partial charge in [0, 0.05) is 12.6 Å². The fourth-order valence-corrected chi connectivity index (χ4v) is 4.08. The zero-order valence-corrected chi connectivity index (χ0v) is 11.8. The van der Waals surface area contributed by atoms with E-state index in [-0.39, 0.29) is 31.3 Å². The van der Waals surface area contributed by atoms with E-state index in [2.05, 4.69) is 5.32 Å². The molecule has 2 heterocycles. The van der Waals surface area contributed by atoms with Gasteiger partial charge in [0.1, 0.15) is 0 Å². The second-order valence-electron chi connectivity index (χ2n) is 5.03. The molecule has 0 bridgehead atoms. The van der Waals surface area contributed by atoms with Crippen molar-refractivity contribution >= 4 is 21.8 Å². The normalized spacial score (nSPS) is 29.7. The van der Waals surface area contributed by atoms with Gasteiger partial charge in [-0.15, -0.1) is 0 Å². The van der Waals surface area contributed by atoms with Crippen molar-refractivity contribution in [3.05, 3.63) is 0 Å². The fraction of sp³-hybridized carbons (Fsp3) is 0.818. The number of carbonyl (C=O) groups is 2. The third kappa shape index (κ3) is 3.60. The molecule has 0 radical (unpaired) electrons. The second kappa shape index (κ2) is 5.96. The van der Waals surface area contributed by atoms with Gasteiger partial charge in [0.2, 0.25) is 0 Å². The van der Waals surface area contributed by atoms with E-state index < -0.39 is 33.9 Å². The Labute approximate surface area is 117 Å². The molecule has 8 nitrogen and oxygen atoms in total. The highest BCUT2D eigenvalue weighted by atomic mass is 32.2. The molecule has 2 amide bonds. The average molecular weight is 306 g/mol. The maximum Gasteiger partial charge on any atom is 0.328 e. The van der Waals surface area contributed by atoms with Crippen LogP contribution in [-0.4, -0.2) is 73.8 Å². The van der Waals surface area contributed by atoms with E-state index in [1.807, 2.05) is 0 Å². The topological polar surface area (TPSA) is 113 Å². The Kier molecular flexibility index (Phi) is 4.48. The molecule has 0 saturated carbocycles. The van der Waals surface area contributed by atoms with Gasteiger partial charge in [-0.2, -0.15) is 0 Å². The van der Waals surface area contributed by atoms with Crippen molar-refractivity contribution in [1.82, 2.24) is 10.2 Å². The summed E-state index contributed by atoms with van der Waals surface area (Å²) in [5.74, 6) is -1.06.